The van der Waals surface area contributed by atoms with Gasteiger partial charge in [0.25, 0.3) is 0 Å². The summed E-state index contributed by atoms with van der Waals surface area (Å²) in [5.41, 5.74) is 0. The van der Waals surface area contributed by atoms with Crippen molar-refractivity contribution >= 4 is 5.97 Å². The van der Waals surface area contributed by atoms with E-state index in [0.29, 0.717) is 12.5 Å². The molecule has 0 radical (unpaired) electrons. The quantitative estimate of drug-likeness (QED) is 0.589. The number of esters is 1. The maximum absolute atomic E-state index is 11.4. The minimum Gasteiger partial charge on any atom is -0.466 e. The van der Waals surface area contributed by atoms with Crippen LogP contribution in [0.5, 0.6) is 0 Å². The summed E-state index contributed by atoms with van der Waals surface area (Å²) in [5, 5.41) is 0. The van der Waals surface area contributed by atoms with Gasteiger partial charge < -0.3 is 4.74 Å². The van der Waals surface area contributed by atoms with Gasteiger partial charge in [0.1, 0.15) is 0 Å². The van der Waals surface area contributed by atoms with Gasteiger partial charge in [-0.05, 0) is 38.0 Å². The summed E-state index contributed by atoms with van der Waals surface area (Å²) in [6.07, 6.45) is 4.99. The number of hydrogen-bond acceptors (Lipinski definition) is 2. The highest BCUT2D eigenvalue weighted by Crippen LogP contribution is 2.48. The molecule has 0 aromatic carbocycles. The first-order valence-electron chi connectivity index (χ1n) is 4.98. The number of carbonyl (C=O) groups excluding carboxylic acids is 1. The standard InChI is InChI=1S/C10H16O2/c1-2-12-10(11)9-6-7-3-4-8(9)5-7/h7-9H,2-6H2,1H3/t7-,8-,9-/m0/s1. The molecule has 12 heavy (non-hydrogen) atoms. The van der Waals surface area contributed by atoms with Crippen LogP contribution in [0.4, 0.5) is 0 Å². The largest absolute Gasteiger partial charge is 0.466 e. The number of carbonyl (C=O) groups is 1. The molecule has 2 bridgehead atoms. The van der Waals surface area contributed by atoms with Gasteiger partial charge in [-0.1, -0.05) is 6.42 Å². The number of fused-ring (bicyclic) bond motifs is 2. The SMILES string of the molecule is CCOC(=O)[C@H]1C[C@H]2CC[C@H]1C2. The van der Waals surface area contributed by atoms with Crippen molar-refractivity contribution < 1.29 is 9.53 Å². The molecule has 0 aromatic heterocycles. The van der Waals surface area contributed by atoms with Crippen LogP contribution in [-0.2, 0) is 9.53 Å². The minimum atomic E-state index is 0.0599. The van der Waals surface area contributed by atoms with Crippen LogP contribution in [0.1, 0.15) is 32.6 Å². The molecule has 0 amide bonds. The second kappa shape index (κ2) is 3.08. The van der Waals surface area contributed by atoms with E-state index in [0.717, 1.165) is 12.3 Å². The van der Waals surface area contributed by atoms with Crippen LogP contribution in [0, 0.1) is 17.8 Å². The zero-order valence-corrected chi connectivity index (χ0v) is 7.58. The molecule has 0 saturated heterocycles. The molecule has 0 unspecified atom stereocenters. The van der Waals surface area contributed by atoms with Crippen molar-refractivity contribution in [3.8, 4) is 0 Å². The van der Waals surface area contributed by atoms with Gasteiger partial charge in [-0.15, -0.1) is 0 Å². The third-order valence-corrected chi connectivity index (χ3v) is 3.33. The van der Waals surface area contributed by atoms with E-state index in [2.05, 4.69) is 0 Å². The van der Waals surface area contributed by atoms with Crippen molar-refractivity contribution in [1.29, 1.82) is 0 Å². The predicted molar refractivity (Wildman–Crippen MR) is 45.6 cm³/mol. The summed E-state index contributed by atoms with van der Waals surface area (Å²) in [7, 11) is 0. The van der Waals surface area contributed by atoms with E-state index in [4.69, 9.17) is 4.74 Å². The van der Waals surface area contributed by atoms with E-state index in [1.54, 1.807) is 0 Å². The van der Waals surface area contributed by atoms with Crippen LogP contribution < -0.4 is 0 Å². The van der Waals surface area contributed by atoms with E-state index in [1.165, 1.54) is 19.3 Å². The smallest absolute Gasteiger partial charge is 0.309 e. The fourth-order valence-corrected chi connectivity index (χ4v) is 2.78. The molecule has 0 N–H and O–H groups in total. The van der Waals surface area contributed by atoms with Crippen molar-refractivity contribution in [2.75, 3.05) is 6.61 Å². The van der Waals surface area contributed by atoms with Crippen LogP contribution >= 0.6 is 0 Å². The topological polar surface area (TPSA) is 26.3 Å². The van der Waals surface area contributed by atoms with Crippen molar-refractivity contribution in [3.05, 3.63) is 0 Å². The van der Waals surface area contributed by atoms with Gasteiger partial charge in [0.05, 0.1) is 12.5 Å². The Kier molecular flexibility index (Phi) is 2.07. The van der Waals surface area contributed by atoms with Gasteiger partial charge in [0, 0.05) is 0 Å². The predicted octanol–water partition coefficient (Wildman–Crippen LogP) is 1.99. The lowest BCUT2D eigenvalue weighted by atomic mass is 9.89. The monoisotopic (exact) mass is 168 g/mol. The van der Waals surface area contributed by atoms with Gasteiger partial charge in [0.2, 0.25) is 0 Å². The molecule has 0 heterocycles. The Balaban J connectivity index is 1.93. The van der Waals surface area contributed by atoms with E-state index in [9.17, 15) is 4.79 Å². The van der Waals surface area contributed by atoms with Crippen molar-refractivity contribution in [1.82, 2.24) is 0 Å². The average molecular weight is 168 g/mol. The molecule has 0 spiro atoms. The lowest BCUT2D eigenvalue weighted by Crippen LogP contribution is -2.23. The number of rotatable bonds is 2. The molecular weight excluding hydrogens is 152 g/mol. The molecular formula is C10H16O2. The normalized spacial score (nSPS) is 38.6. The maximum Gasteiger partial charge on any atom is 0.309 e. The van der Waals surface area contributed by atoms with Crippen molar-refractivity contribution in [2.24, 2.45) is 17.8 Å². The second-order valence-electron chi connectivity index (χ2n) is 4.03. The highest BCUT2D eigenvalue weighted by atomic mass is 16.5. The molecule has 0 aliphatic heterocycles. The zero-order valence-electron chi connectivity index (χ0n) is 7.58. The van der Waals surface area contributed by atoms with Gasteiger partial charge >= 0.3 is 5.97 Å². The van der Waals surface area contributed by atoms with E-state index in [1.807, 2.05) is 6.92 Å². The molecule has 2 aliphatic rings. The zero-order chi connectivity index (χ0) is 8.55. The molecule has 2 saturated carbocycles. The van der Waals surface area contributed by atoms with Crippen molar-refractivity contribution in [2.45, 2.75) is 32.6 Å². The maximum atomic E-state index is 11.4. The Labute approximate surface area is 73.3 Å². The summed E-state index contributed by atoms with van der Waals surface area (Å²) >= 11 is 0. The summed E-state index contributed by atoms with van der Waals surface area (Å²) in [4.78, 5) is 11.4. The molecule has 2 rings (SSSR count). The summed E-state index contributed by atoms with van der Waals surface area (Å²) < 4.78 is 5.04. The average Bonchev–Trinajstić information content (AvgIpc) is 2.64. The van der Waals surface area contributed by atoms with Gasteiger partial charge in [-0.3, -0.25) is 4.79 Å². The van der Waals surface area contributed by atoms with Crippen LogP contribution in [0.2, 0.25) is 0 Å². The summed E-state index contributed by atoms with van der Waals surface area (Å²) in [5.74, 6) is 1.81. The number of ether oxygens (including phenoxy) is 1. The first kappa shape index (κ1) is 8.09. The highest BCUT2D eigenvalue weighted by molar-refractivity contribution is 5.73. The molecule has 0 aromatic rings. The second-order valence-corrected chi connectivity index (χ2v) is 4.03. The van der Waals surface area contributed by atoms with Gasteiger partial charge in [0.15, 0.2) is 0 Å². The Morgan fingerprint density at radius 1 is 1.42 bits per heavy atom. The fourth-order valence-electron chi connectivity index (χ4n) is 2.78. The third-order valence-electron chi connectivity index (χ3n) is 3.33. The van der Waals surface area contributed by atoms with Crippen molar-refractivity contribution in [3.63, 3.8) is 0 Å². The minimum absolute atomic E-state index is 0.0599. The highest BCUT2D eigenvalue weighted by Gasteiger charge is 2.43. The lowest BCUT2D eigenvalue weighted by Gasteiger charge is -2.19. The Morgan fingerprint density at radius 2 is 2.25 bits per heavy atom. The molecule has 3 atom stereocenters. The number of hydrogen-bond donors (Lipinski definition) is 0. The van der Waals surface area contributed by atoms with Gasteiger partial charge in [-0.2, -0.15) is 0 Å². The Morgan fingerprint density at radius 3 is 2.75 bits per heavy atom. The molecule has 2 heteroatoms. The van der Waals surface area contributed by atoms with Crippen LogP contribution in [0.3, 0.4) is 0 Å². The van der Waals surface area contributed by atoms with Crippen LogP contribution in [-0.4, -0.2) is 12.6 Å². The van der Waals surface area contributed by atoms with E-state index < -0.39 is 0 Å². The van der Waals surface area contributed by atoms with E-state index in [-0.39, 0.29) is 11.9 Å². The lowest BCUT2D eigenvalue weighted by molar-refractivity contribution is -0.149. The van der Waals surface area contributed by atoms with Gasteiger partial charge in [-0.25, -0.2) is 0 Å². The molecule has 2 fully saturated rings. The fraction of sp³-hybridized carbons (Fsp3) is 0.900. The summed E-state index contributed by atoms with van der Waals surface area (Å²) in [6.45, 7) is 2.41. The van der Waals surface area contributed by atoms with E-state index >= 15 is 0 Å². The van der Waals surface area contributed by atoms with Crippen LogP contribution in [0.15, 0.2) is 0 Å². The Hall–Kier alpha value is -0.530. The molecule has 2 aliphatic carbocycles. The third kappa shape index (κ3) is 1.23. The molecule has 2 nitrogen and oxygen atoms in total. The Bertz CT molecular complexity index is 188. The molecule has 68 valence electrons. The first-order valence-corrected chi connectivity index (χ1v) is 4.98. The summed E-state index contributed by atoms with van der Waals surface area (Å²) in [6, 6.07) is 0. The van der Waals surface area contributed by atoms with Crippen LogP contribution in [0.25, 0.3) is 0 Å². The first-order chi connectivity index (χ1) is 5.81.